The third-order valence-corrected chi connectivity index (χ3v) is 5.43. The van der Waals surface area contributed by atoms with Gasteiger partial charge in [-0.1, -0.05) is 0 Å². The molecule has 0 spiro atoms. The second-order valence-electron chi connectivity index (χ2n) is 6.63. The number of carboxylic acids is 1. The Bertz CT molecular complexity index is 491. The third-order valence-electron chi connectivity index (χ3n) is 3.51. The van der Waals surface area contributed by atoms with Crippen LogP contribution in [0.25, 0.3) is 0 Å². The number of amides is 1. The van der Waals surface area contributed by atoms with E-state index in [0.29, 0.717) is 19.5 Å². The molecule has 7 heteroatoms. The summed E-state index contributed by atoms with van der Waals surface area (Å²) in [5.74, 6) is 5.47. The summed E-state index contributed by atoms with van der Waals surface area (Å²) in [5, 5.41) is 9.38. The Hall–Kier alpha value is 0.304. The zero-order valence-corrected chi connectivity index (χ0v) is 21.3. The van der Waals surface area contributed by atoms with Gasteiger partial charge < -0.3 is 0 Å². The number of hydrogen-bond acceptors (Lipinski definition) is 3. The van der Waals surface area contributed by atoms with Gasteiger partial charge in [-0.15, -0.1) is 0 Å². The van der Waals surface area contributed by atoms with Crippen molar-refractivity contribution in [1.29, 1.82) is 0 Å². The van der Waals surface area contributed by atoms with Gasteiger partial charge in [0.15, 0.2) is 0 Å². The molecule has 0 saturated carbocycles. The zero-order chi connectivity index (χ0) is 17.1. The number of carboxylic acid groups (broad SMARTS) is 1. The van der Waals surface area contributed by atoms with Gasteiger partial charge in [0.25, 0.3) is 0 Å². The van der Waals surface area contributed by atoms with Gasteiger partial charge in [0.05, 0.1) is 0 Å². The van der Waals surface area contributed by atoms with Crippen molar-refractivity contribution in [2.45, 2.75) is 40.3 Å². The maximum atomic E-state index is 12.3. The minimum absolute atomic E-state index is 0.0300. The molecule has 1 aliphatic rings. The fourth-order valence-corrected chi connectivity index (χ4v) is 3.62. The first kappa shape index (κ1) is 20.3. The fraction of sp³-hybridized carbons (Fsp3) is 0.733. The molecule has 0 aromatic heterocycles. The van der Waals surface area contributed by atoms with Crippen LogP contribution in [0.15, 0.2) is 0 Å². The second-order valence-corrected chi connectivity index (χ2v) is 19.8. The van der Waals surface area contributed by atoms with Crippen LogP contribution in [-0.2, 0) is 9.59 Å². The average Bonchev–Trinajstić information content (AvgIpc) is 2.81. The van der Waals surface area contributed by atoms with Gasteiger partial charge in [0.2, 0.25) is 0 Å². The van der Waals surface area contributed by atoms with E-state index in [-0.39, 0.29) is 18.4 Å². The Morgan fingerprint density at radius 2 is 2.00 bits per heavy atom. The first-order chi connectivity index (χ1) is 10.0. The van der Waals surface area contributed by atoms with Crippen LogP contribution >= 0.6 is 0 Å². The van der Waals surface area contributed by atoms with E-state index < -0.39 is 12.0 Å². The summed E-state index contributed by atoms with van der Waals surface area (Å²) in [5.41, 5.74) is -0.0327. The summed E-state index contributed by atoms with van der Waals surface area (Å²) >= 11 is 1.60. The topological polar surface area (TPSA) is 60.9 Å². The van der Waals surface area contributed by atoms with E-state index >= 15 is 0 Å². The van der Waals surface area contributed by atoms with Gasteiger partial charge >= 0.3 is 166 Å². The average molecular weight is 693 g/mol. The molecule has 1 N–H and O–H groups in total. The third kappa shape index (κ3) is 6.07. The van der Waals surface area contributed by atoms with Crippen molar-refractivity contribution in [2.24, 2.45) is 5.41 Å². The molecule has 118 valence electrons. The molecule has 0 aromatic carbocycles. The molecule has 1 fully saturated rings. The van der Waals surface area contributed by atoms with Crippen LogP contribution in [0.5, 0.6) is 0 Å². The van der Waals surface area contributed by atoms with E-state index in [1.54, 1.807) is 4.90 Å². The summed E-state index contributed by atoms with van der Waals surface area (Å²) in [4.78, 5) is 27.3. The van der Waals surface area contributed by atoms with Gasteiger partial charge in [0.1, 0.15) is 0 Å². The van der Waals surface area contributed by atoms with Gasteiger partial charge in [-0.3, -0.25) is 0 Å². The molecule has 0 bridgehead atoms. The van der Waals surface area contributed by atoms with E-state index in [9.17, 15) is 14.7 Å². The number of hydrogen-bond donors (Lipinski definition) is 1. The Kier molecular flexibility index (Phi) is 7.78. The second kappa shape index (κ2) is 8.42. The molecule has 1 saturated heterocycles. The quantitative estimate of drug-likeness (QED) is 0.336. The van der Waals surface area contributed by atoms with Crippen LogP contribution < -0.4 is 0 Å². The van der Waals surface area contributed by atoms with Gasteiger partial charge in [-0.05, 0) is 0 Å². The van der Waals surface area contributed by atoms with Crippen molar-refractivity contribution in [2.75, 3.05) is 20.1 Å². The standard InChI is InChI=1S/C15H22N2O3.2Pb/c1-11(18)17-10-12(9-13(17)14(19)20)16(5)8-6-7-15(2,3)4;;/h1,12-13H,8-10H2,2-5H3,(H,19,20);;. The Balaban J connectivity index is 2.75. The summed E-state index contributed by atoms with van der Waals surface area (Å²) in [6, 6.07) is -0.609. The monoisotopic (exact) mass is 694 g/mol. The summed E-state index contributed by atoms with van der Waals surface area (Å²) in [6.45, 7) is 7.29. The SMILES string of the molecule is CN(CC#CC(C)(C)C)C1CC(C(=O)O)N(C(=O)[CH]([Pb])[Pb])C1. The number of likely N-dealkylation sites (N-methyl/N-ethyl adjacent to an activating group) is 1. The van der Waals surface area contributed by atoms with E-state index in [0.717, 1.165) is 51.5 Å². The molecule has 22 heavy (non-hydrogen) atoms. The minimum atomic E-state index is -0.894. The number of carbonyl (C=O) groups excluding carboxylic acids is 1. The molecule has 2 unspecified atom stereocenters. The van der Waals surface area contributed by atoms with Crippen molar-refractivity contribution in [3.05, 3.63) is 0 Å². The van der Waals surface area contributed by atoms with Gasteiger partial charge in [-0.25, -0.2) is 0 Å². The molecule has 1 rings (SSSR count). The van der Waals surface area contributed by atoms with Crippen LogP contribution in [0.1, 0.15) is 27.2 Å². The van der Waals surface area contributed by atoms with Gasteiger partial charge in [0, 0.05) is 0 Å². The zero-order valence-electron chi connectivity index (χ0n) is 13.5. The van der Waals surface area contributed by atoms with E-state index in [4.69, 9.17) is 0 Å². The maximum absolute atomic E-state index is 12.3. The summed E-state index contributed by atoms with van der Waals surface area (Å²) in [7, 11) is 1.95. The Morgan fingerprint density at radius 1 is 1.41 bits per heavy atom. The molecular weight excluding hydrogens is 671 g/mol. The van der Waals surface area contributed by atoms with Crippen molar-refractivity contribution < 1.29 is 14.7 Å². The van der Waals surface area contributed by atoms with Crippen LogP contribution in [-0.4, -0.2) is 111 Å². The summed E-state index contributed by atoms with van der Waals surface area (Å²) < 4.78 is 0.0894. The van der Waals surface area contributed by atoms with Gasteiger partial charge in [-0.2, -0.15) is 0 Å². The van der Waals surface area contributed by atoms with Crippen molar-refractivity contribution >= 4 is 63.4 Å². The molecule has 2 atom stereocenters. The van der Waals surface area contributed by atoms with E-state index in [1.165, 1.54) is 0 Å². The molecule has 5 nitrogen and oxygen atoms in total. The van der Waals surface area contributed by atoms with E-state index in [2.05, 4.69) is 37.5 Å². The normalized spacial score (nSPS) is 21.9. The molecule has 1 aliphatic heterocycles. The van der Waals surface area contributed by atoms with Crippen LogP contribution in [0, 0.1) is 17.3 Å². The predicted octanol–water partition coefficient (Wildman–Crippen LogP) is 0.105. The van der Waals surface area contributed by atoms with Crippen molar-refractivity contribution in [3.8, 4) is 11.8 Å². The molecule has 1 heterocycles. The van der Waals surface area contributed by atoms with Crippen molar-refractivity contribution in [3.63, 3.8) is 0 Å². The Morgan fingerprint density at radius 3 is 2.45 bits per heavy atom. The van der Waals surface area contributed by atoms with Crippen LogP contribution in [0.3, 0.4) is 0 Å². The molecule has 6 radical (unpaired) electrons. The van der Waals surface area contributed by atoms with Crippen molar-refractivity contribution in [1.82, 2.24) is 9.80 Å². The molecule has 0 aromatic rings. The van der Waals surface area contributed by atoms with Crippen LogP contribution in [0.4, 0.5) is 0 Å². The fourth-order valence-electron chi connectivity index (χ4n) is 2.34. The molecular formula is C15H22N2O3Pb2. The predicted molar refractivity (Wildman–Crippen MR) is 86.7 cm³/mol. The number of nitrogens with zero attached hydrogens (tertiary/aromatic N) is 2. The van der Waals surface area contributed by atoms with E-state index in [1.807, 2.05) is 7.05 Å². The Labute approximate surface area is 164 Å². The molecule has 0 aliphatic carbocycles. The van der Waals surface area contributed by atoms with Crippen LogP contribution in [0.2, 0.25) is 1.04 Å². The number of carbonyl (C=O) groups is 2. The first-order valence-electron chi connectivity index (χ1n) is 7.18. The first-order valence-corrected chi connectivity index (χ1v) is 11.7. The number of aliphatic carboxylic acids is 1. The summed E-state index contributed by atoms with van der Waals surface area (Å²) in [6.07, 6.45) is 0.491. The molecule has 1 amide bonds. The number of likely N-dealkylation sites (tertiary alicyclic amines) is 1. The number of rotatable bonds is 4.